The van der Waals surface area contributed by atoms with Crippen LogP contribution in [-0.2, 0) is 19.1 Å². The summed E-state index contributed by atoms with van der Waals surface area (Å²) in [7, 11) is 0. The summed E-state index contributed by atoms with van der Waals surface area (Å²) in [6.45, 7) is 13.4. The number of ether oxygens (including phenoxy) is 2. The van der Waals surface area contributed by atoms with Crippen molar-refractivity contribution in [2.75, 3.05) is 0 Å². The van der Waals surface area contributed by atoms with Gasteiger partial charge in [0.15, 0.2) is 0 Å². The molecule has 0 aromatic carbocycles. The molecule has 3 aliphatic rings. The van der Waals surface area contributed by atoms with Crippen molar-refractivity contribution in [2.24, 2.45) is 47.3 Å². The van der Waals surface area contributed by atoms with Crippen molar-refractivity contribution in [2.45, 2.75) is 98.7 Å². The molecule has 0 bridgehead atoms. The summed E-state index contributed by atoms with van der Waals surface area (Å²) in [6.07, 6.45) is 7.20. The first-order chi connectivity index (χ1) is 13.7. The molecule has 0 aliphatic heterocycles. The minimum absolute atomic E-state index is 0.00744. The van der Waals surface area contributed by atoms with E-state index >= 15 is 0 Å². The third-order valence-corrected chi connectivity index (χ3v) is 7.85. The van der Waals surface area contributed by atoms with Crippen molar-refractivity contribution in [3.05, 3.63) is 0 Å². The molecule has 0 saturated heterocycles. The first-order valence-corrected chi connectivity index (χ1v) is 12.1. The molecule has 0 radical (unpaired) electrons. The van der Waals surface area contributed by atoms with Gasteiger partial charge in [-0.15, -0.1) is 0 Å². The lowest BCUT2D eigenvalue weighted by atomic mass is 9.75. The molecule has 0 N–H and O–H groups in total. The quantitative estimate of drug-likeness (QED) is 0.536. The number of carbonyl (C=O) groups is 2. The molecule has 0 aromatic rings. The van der Waals surface area contributed by atoms with E-state index in [0.717, 1.165) is 25.7 Å². The van der Waals surface area contributed by atoms with E-state index in [1.165, 1.54) is 12.8 Å². The summed E-state index contributed by atoms with van der Waals surface area (Å²) in [5.41, 5.74) is 0. The maximum Gasteiger partial charge on any atom is 0.310 e. The van der Waals surface area contributed by atoms with Crippen molar-refractivity contribution in [1.82, 2.24) is 0 Å². The average molecular weight is 407 g/mol. The van der Waals surface area contributed by atoms with Gasteiger partial charge in [-0.1, -0.05) is 54.4 Å². The second kappa shape index (κ2) is 9.39. The van der Waals surface area contributed by atoms with Gasteiger partial charge in [-0.25, -0.2) is 0 Å². The molecule has 166 valence electrons. The van der Waals surface area contributed by atoms with Crippen LogP contribution in [0.5, 0.6) is 0 Å². The van der Waals surface area contributed by atoms with Gasteiger partial charge in [0, 0.05) is 0 Å². The average Bonchev–Trinajstić information content (AvgIpc) is 3.42. The Morgan fingerprint density at radius 3 is 1.38 bits per heavy atom. The molecule has 0 heterocycles. The van der Waals surface area contributed by atoms with Crippen LogP contribution in [0.1, 0.15) is 86.5 Å². The zero-order valence-electron chi connectivity index (χ0n) is 19.4. The van der Waals surface area contributed by atoms with E-state index in [2.05, 4.69) is 41.5 Å². The minimum Gasteiger partial charge on any atom is -0.462 e. The standard InChI is InChI=1S/C25H42O4/c1-14(2)18-9-7-16(5)11-22(18)28-24(26)20-13-21(20)25(27)29-23-12-17(6)8-10-19(23)15(3)4/h14-23H,7-13H2,1-6H3/t16-,17-,18-,19-,20-,21+,22+,23-/m1/s1. The lowest BCUT2D eigenvalue weighted by Gasteiger charge is -2.37. The fourth-order valence-electron chi connectivity index (χ4n) is 5.69. The lowest BCUT2D eigenvalue weighted by Crippen LogP contribution is -2.37. The van der Waals surface area contributed by atoms with Crippen LogP contribution in [0, 0.1) is 47.3 Å². The molecule has 3 saturated carbocycles. The zero-order valence-corrected chi connectivity index (χ0v) is 19.4. The molecule has 3 fully saturated rings. The normalized spacial score (nSPS) is 40.0. The Morgan fingerprint density at radius 1 is 0.655 bits per heavy atom. The number of esters is 2. The minimum atomic E-state index is -0.286. The monoisotopic (exact) mass is 406 g/mol. The summed E-state index contributed by atoms with van der Waals surface area (Å²) < 4.78 is 11.9. The highest BCUT2D eigenvalue weighted by atomic mass is 16.6. The molecule has 0 amide bonds. The first-order valence-electron chi connectivity index (χ1n) is 12.1. The van der Waals surface area contributed by atoms with Gasteiger partial charge >= 0.3 is 11.9 Å². The van der Waals surface area contributed by atoms with E-state index in [0.29, 0.717) is 41.9 Å². The first kappa shape index (κ1) is 22.6. The maximum atomic E-state index is 12.8. The third-order valence-electron chi connectivity index (χ3n) is 7.85. The molecule has 0 unspecified atom stereocenters. The molecule has 0 spiro atoms. The number of carbonyl (C=O) groups excluding carboxylic acids is 2. The summed E-state index contributed by atoms with van der Waals surface area (Å²) in [5, 5.41) is 0. The van der Waals surface area contributed by atoms with Crippen LogP contribution in [0.4, 0.5) is 0 Å². The molecule has 4 heteroatoms. The summed E-state index contributed by atoms with van der Waals surface area (Å²) in [5.74, 6) is 2.20. The van der Waals surface area contributed by atoms with Crippen LogP contribution in [-0.4, -0.2) is 24.1 Å². The van der Waals surface area contributed by atoms with Crippen molar-refractivity contribution in [3.63, 3.8) is 0 Å². The zero-order chi connectivity index (χ0) is 21.3. The molecule has 3 rings (SSSR count). The Labute approximate surface area is 177 Å². The predicted octanol–water partition coefficient (Wildman–Crippen LogP) is 5.63. The second-order valence-corrected chi connectivity index (χ2v) is 11.1. The van der Waals surface area contributed by atoms with Gasteiger partial charge in [0.2, 0.25) is 0 Å². The van der Waals surface area contributed by atoms with Crippen LogP contribution in [0.25, 0.3) is 0 Å². The van der Waals surface area contributed by atoms with Crippen molar-refractivity contribution in [3.8, 4) is 0 Å². The second-order valence-electron chi connectivity index (χ2n) is 11.1. The molecular formula is C25H42O4. The van der Waals surface area contributed by atoms with Crippen molar-refractivity contribution < 1.29 is 19.1 Å². The Kier molecular flexibility index (Phi) is 7.32. The van der Waals surface area contributed by atoms with Crippen molar-refractivity contribution >= 4 is 11.9 Å². The highest BCUT2D eigenvalue weighted by Gasteiger charge is 2.52. The van der Waals surface area contributed by atoms with Crippen molar-refractivity contribution in [1.29, 1.82) is 0 Å². The van der Waals surface area contributed by atoms with Crippen LogP contribution in [0.2, 0.25) is 0 Å². The maximum absolute atomic E-state index is 12.8. The Hall–Kier alpha value is -1.06. The topological polar surface area (TPSA) is 52.6 Å². The van der Waals surface area contributed by atoms with E-state index < -0.39 is 0 Å². The number of hydrogen-bond donors (Lipinski definition) is 0. The Morgan fingerprint density at radius 2 is 1.03 bits per heavy atom. The van der Waals surface area contributed by atoms with Crippen LogP contribution in [0.15, 0.2) is 0 Å². The Balaban J connectivity index is 1.52. The van der Waals surface area contributed by atoms with Gasteiger partial charge in [-0.05, 0) is 67.6 Å². The molecular weight excluding hydrogens is 364 g/mol. The van der Waals surface area contributed by atoms with E-state index in [4.69, 9.17) is 9.47 Å². The van der Waals surface area contributed by atoms with Gasteiger partial charge in [-0.2, -0.15) is 0 Å². The molecule has 4 nitrogen and oxygen atoms in total. The van der Waals surface area contributed by atoms with Crippen LogP contribution < -0.4 is 0 Å². The lowest BCUT2D eigenvalue weighted by molar-refractivity contribution is -0.164. The third kappa shape index (κ3) is 5.55. The van der Waals surface area contributed by atoms with E-state index in [1.807, 2.05) is 0 Å². The van der Waals surface area contributed by atoms with Gasteiger partial charge < -0.3 is 9.47 Å². The summed E-state index contributed by atoms with van der Waals surface area (Å²) in [4.78, 5) is 25.5. The SMILES string of the molecule is CC(C)[C@H]1CC[C@@H](C)C[C@@H]1OC(=O)[C@@H]1C[C@@H]1C(=O)O[C@@H]1C[C@H](C)CC[C@@H]1C(C)C. The Bertz CT molecular complexity index is 533. The van der Waals surface area contributed by atoms with E-state index in [9.17, 15) is 9.59 Å². The van der Waals surface area contributed by atoms with Gasteiger partial charge in [0.1, 0.15) is 12.2 Å². The van der Waals surface area contributed by atoms with Gasteiger partial charge in [0.05, 0.1) is 11.8 Å². The summed E-state index contributed by atoms with van der Waals surface area (Å²) >= 11 is 0. The molecule has 29 heavy (non-hydrogen) atoms. The van der Waals surface area contributed by atoms with E-state index in [1.54, 1.807) is 0 Å². The molecule has 0 aromatic heterocycles. The van der Waals surface area contributed by atoms with E-state index in [-0.39, 0.29) is 36.0 Å². The molecule has 8 atom stereocenters. The predicted molar refractivity (Wildman–Crippen MR) is 114 cm³/mol. The van der Waals surface area contributed by atoms with Crippen LogP contribution >= 0.6 is 0 Å². The summed E-state index contributed by atoms with van der Waals surface area (Å²) in [6, 6.07) is 0. The smallest absolute Gasteiger partial charge is 0.310 e. The number of hydrogen-bond acceptors (Lipinski definition) is 4. The fourth-order valence-corrected chi connectivity index (χ4v) is 5.69. The number of rotatable bonds is 6. The highest BCUT2D eigenvalue weighted by molar-refractivity contribution is 5.87. The largest absolute Gasteiger partial charge is 0.462 e. The van der Waals surface area contributed by atoms with Gasteiger partial charge in [-0.3, -0.25) is 9.59 Å². The fraction of sp³-hybridized carbons (Fsp3) is 0.920. The molecule has 3 aliphatic carbocycles. The van der Waals surface area contributed by atoms with Crippen LogP contribution in [0.3, 0.4) is 0 Å². The van der Waals surface area contributed by atoms with Gasteiger partial charge in [0.25, 0.3) is 0 Å². The highest BCUT2D eigenvalue weighted by Crippen LogP contribution is 2.44.